The Balaban J connectivity index is 1.91. The van der Waals surface area contributed by atoms with E-state index in [1.807, 2.05) is 12.1 Å². The van der Waals surface area contributed by atoms with Crippen LogP contribution in [0.3, 0.4) is 0 Å². The van der Waals surface area contributed by atoms with Gasteiger partial charge >= 0.3 is 0 Å². The Hall–Kier alpha value is -3.29. The molecule has 1 aliphatic rings. The summed E-state index contributed by atoms with van der Waals surface area (Å²) in [7, 11) is 1.80. The van der Waals surface area contributed by atoms with Gasteiger partial charge < -0.3 is 16.0 Å². The Morgan fingerprint density at radius 3 is 2.87 bits per heavy atom. The number of nitrogens with zero attached hydrogens (tertiary/aromatic N) is 5. The lowest BCUT2D eigenvalue weighted by molar-refractivity contribution is -0.113. The maximum atomic E-state index is 12.4. The van der Waals surface area contributed by atoms with Crippen molar-refractivity contribution in [3.05, 3.63) is 60.2 Å². The van der Waals surface area contributed by atoms with Crippen molar-refractivity contribution in [3.8, 4) is 0 Å². The third-order valence-corrected chi connectivity index (χ3v) is 3.32. The number of pyridine rings is 1. The van der Waals surface area contributed by atoms with Crippen molar-refractivity contribution in [3.63, 3.8) is 0 Å². The Kier molecular flexibility index (Phi) is 3.96. The predicted octanol–water partition coefficient (Wildman–Crippen LogP) is 0.373. The first kappa shape index (κ1) is 14.6. The minimum atomic E-state index is -0.422. The molecular weight excluding hydrogens is 294 g/mol. The SMILES string of the molecule is CN1CC(c2cccnc2)=NC(C(=O)Nc2ccncn2)=C1N. The monoisotopic (exact) mass is 309 g/mol. The number of rotatable bonds is 3. The van der Waals surface area contributed by atoms with Crippen molar-refractivity contribution in [2.75, 3.05) is 18.9 Å². The van der Waals surface area contributed by atoms with Crippen LogP contribution in [0.5, 0.6) is 0 Å². The lowest BCUT2D eigenvalue weighted by Gasteiger charge is -2.26. The molecule has 1 aliphatic heterocycles. The molecule has 0 atom stereocenters. The molecule has 116 valence electrons. The molecule has 8 heteroatoms. The highest BCUT2D eigenvalue weighted by molar-refractivity contribution is 6.10. The van der Waals surface area contributed by atoms with Gasteiger partial charge in [-0.15, -0.1) is 0 Å². The van der Waals surface area contributed by atoms with E-state index in [1.165, 1.54) is 12.5 Å². The van der Waals surface area contributed by atoms with Crippen molar-refractivity contribution in [1.82, 2.24) is 19.9 Å². The first-order valence-corrected chi connectivity index (χ1v) is 6.91. The zero-order valence-electron chi connectivity index (χ0n) is 12.5. The van der Waals surface area contributed by atoms with Crippen molar-refractivity contribution in [2.45, 2.75) is 0 Å². The number of anilines is 1. The van der Waals surface area contributed by atoms with Crippen LogP contribution in [0.1, 0.15) is 5.56 Å². The number of aliphatic imine (C=N–C) groups is 1. The second kappa shape index (κ2) is 6.22. The minimum Gasteiger partial charge on any atom is -0.383 e. The number of hydrogen-bond donors (Lipinski definition) is 2. The molecule has 0 aliphatic carbocycles. The van der Waals surface area contributed by atoms with Gasteiger partial charge in [0, 0.05) is 31.2 Å². The van der Waals surface area contributed by atoms with Gasteiger partial charge in [0.15, 0.2) is 5.70 Å². The van der Waals surface area contributed by atoms with Crippen LogP contribution in [0, 0.1) is 0 Å². The molecule has 3 N–H and O–H groups in total. The smallest absolute Gasteiger partial charge is 0.279 e. The average Bonchev–Trinajstić information content (AvgIpc) is 2.58. The molecule has 0 spiro atoms. The topological polar surface area (TPSA) is 109 Å². The molecule has 3 rings (SSSR count). The third kappa shape index (κ3) is 3.15. The number of carbonyl (C=O) groups is 1. The molecule has 23 heavy (non-hydrogen) atoms. The number of amides is 1. The summed E-state index contributed by atoms with van der Waals surface area (Å²) in [4.78, 5) is 30.5. The zero-order valence-corrected chi connectivity index (χ0v) is 12.5. The van der Waals surface area contributed by atoms with Gasteiger partial charge in [0.2, 0.25) is 0 Å². The molecule has 0 saturated heterocycles. The first-order chi connectivity index (χ1) is 11.1. The second-order valence-corrected chi connectivity index (χ2v) is 4.94. The second-order valence-electron chi connectivity index (χ2n) is 4.94. The molecule has 0 saturated carbocycles. The Morgan fingerprint density at radius 2 is 2.17 bits per heavy atom. The molecule has 0 bridgehead atoms. The highest BCUT2D eigenvalue weighted by atomic mass is 16.2. The van der Waals surface area contributed by atoms with E-state index >= 15 is 0 Å². The molecule has 2 aromatic heterocycles. The first-order valence-electron chi connectivity index (χ1n) is 6.91. The molecule has 2 aromatic rings. The largest absolute Gasteiger partial charge is 0.383 e. The van der Waals surface area contributed by atoms with E-state index < -0.39 is 5.91 Å². The van der Waals surface area contributed by atoms with Gasteiger partial charge in [-0.1, -0.05) is 6.07 Å². The maximum absolute atomic E-state index is 12.4. The van der Waals surface area contributed by atoms with Crippen LogP contribution >= 0.6 is 0 Å². The van der Waals surface area contributed by atoms with Crippen LogP contribution in [0.25, 0.3) is 0 Å². The van der Waals surface area contributed by atoms with Crippen LogP contribution in [-0.2, 0) is 4.79 Å². The fraction of sp³-hybridized carbons (Fsp3) is 0.133. The molecule has 3 heterocycles. The summed E-state index contributed by atoms with van der Waals surface area (Å²) in [5.41, 5.74) is 7.73. The van der Waals surface area contributed by atoms with Gasteiger partial charge in [-0.2, -0.15) is 0 Å². The van der Waals surface area contributed by atoms with E-state index in [1.54, 1.807) is 30.4 Å². The quantitative estimate of drug-likeness (QED) is 0.848. The number of nitrogens with two attached hydrogens (primary N) is 1. The molecule has 0 aromatic carbocycles. The highest BCUT2D eigenvalue weighted by Crippen LogP contribution is 2.17. The summed E-state index contributed by atoms with van der Waals surface area (Å²) in [6, 6.07) is 5.30. The van der Waals surface area contributed by atoms with Crippen molar-refractivity contribution in [2.24, 2.45) is 10.7 Å². The van der Waals surface area contributed by atoms with Gasteiger partial charge in [-0.05, 0) is 12.1 Å². The van der Waals surface area contributed by atoms with Crippen molar-refractivity contribution in [1.29, 1.82) is 0 Å². The predicted molar refractivity (Wildman–Crippen MR) is 85.3 cm³/mol. The normalized spacial score (nSPS) is 14.5. The van der Waals surface area contributed by atoms with Gasteiger partial charge in [-0.25, -0.2) is 15.0 Å². The van der Waals surface area contributed by atoms with E-state index in [0.717, 1.165) is 11.3 Å². The Bertz CT molecular complexity index is 771. The maximum Gasteiger partial charge on any atom is 0.279 e. The summed E-state index contributed by atoms with van der Waals surface area (Å²) in [6.45, 7) is 0.502. The molecular formula is C15H15N7O. The van der Waals surface area contributed by atoms with Gasteiger partial charge in [0.05, 0.1) is 12.3 Å². The standard InChI is InChI=1S/C15H15N7O/c1-22-8-11(10-3-2-5-17-7-10)20-13(14(22)16)15(23)21-12-4-6-18-9-19-12/h2-7,9H,8,16H2,1H3,(H,18,19,21,23). The van der Waals surface area contributed by atoms with E-state index in [-0.39, 0.29) is 5.70 Å². The van der Waals surface area contributed by atoms with Gasteiger partial charge in [0.1, 0.15) is 18.0 Å². The third-order valence-electron chi connectivity index (χ3n) is 3.32. The number of likely N-dealkylation sites (N-methyl/N-ethyl adjacent to an activating group) is 1. The fourth-order valence-corrected chi connectivity index (χ4v) is 2.11. The molecule has 0 unspecified atom stereocenters. The van der Waals surface area contributed by atoms with Crippen LogP contribution in [0.2, 0.25) is 0 Å². The molecule has 0 radical (unpaired) electrons. The number of aromatic nitrogens is 3. The zero-order chi connectivity index (χ0) is 16.2. The summed E-state index contributed by atoms with van der Waals surface area (Å²) in [6.07, 6.45) is 6.28. The average molecular weight is 309 g/mol. The van der Waals surface area contributed by atoms with Crippen molar-refractivity contribution >= 4 is 17.4 Å². The lowest BCUT2D eigenvalue weighted by Crippen LogP contribution is -2.37. The number of hydrogen-bond acceptors (Lipinski definition) is 7. The highest BCUT2D eigenvalue weighted by Gasteiger charge is 2.23. The van der Waals surface area contributed by atoms with Crippen LogP contribution in [0.4, 0.5) is 5.82 Å². The molecule has 8 nitrogen and oxygen atoms in total. The Labute approximate surface area is 132 Å². The fourth-order valence-electron chi connectivity index (χ4n) is 2.11. The minimum absolute atomic E-state index is 0.149. The molecule has 1 amide bonds. The van der Waals surface area contributed by atoms with E-state index in [0.29, 0.717) is 18.2 Å². The van der Waals surface area contributed by atoms with E-state index in [2.05, 4.69) is 25.3 Å². The lowest BCUT2D eigenvalue weighted by atomic mass is 10.1. The Morgan fingerprint density at radius 1 is 1.30 bits per heavy atom. The van der Waals surface area contributed by atoms with Gasteiger partial charge in [0.25, 0.3) is 5.91 Å². The summed E-state index contributed by atoms with van der Waals surface area (Å²) < 4.78 is 0. The van der Waals surface area contributed by atoms with Crippen LogP contribution in [-0.4, -0.2) is 45.1 Å². The summed E-state index contributed by atoms with van der Waals surface area (Å²) in [5, 5.41) is 2.66. The van der Waals surface area contributed by atoms with Crippen LogP contribution in [0.15, 0.2) is 59.6 Å². The van der Waals surface area contributed by atoms with Gasteiger partial charge in [-0.3, -0.25) is 9.78 Å². The summed E-state index contributed by atoms with van der Waals surface area (Å²) in [5.74, 6) is 0.273. The van der Waals surface area contributed by atoms with Crippen LogP contribution < -0.4 is 11.1 Å². The van der Waals surface area contributed by atoms with E-state index in [9.17, 15) is 4.79 Å². The number of carbonyl (C=O) groups excluding carboxylic acids is 1. The van der Waals surface area contributed by atoms with E-state index in [4.69, 9.17) is 5.73 Å². The summed E-state index contributed by atoms with van der Waals surface area (Å²) >= 11 is 0. The number of nitrogens with one attached hydrogen (secondary N) is 1. The van der Waals surface area contributed by atoms with Crippen molar-refractivity contribution < 1.29 is 4.79 Å². The molecule has 0 fully saturated rings.